The fourth-order valence-corrected chi connectivity index (χ4v) is 2.89. The Balaban J connectivity index is 2.06. The largest absolute Gasteiger partial charge is 0.497 e. The molecule has 22 heavy (non-hydrogen) atoms. The van der Waals surface area contributed by atoms with Crippen molar-refractivity contribution < 1.29 is 22.7 Å². The van der Waals surface area contributed by atoms with E-state index in [9.17, 15) is 17.9 Å². The zero-order chi connectivity index (χ0) is 16.2. The molecule has 0 aliphatic rings. The maximum absolute atomic E-state index is 12.8. The van der Waals surface area contributed by atoms with Gasteiger partial charge in [0.05, 0.1) is 18.1 Å². The first-order chi connectivity index (χ1) is 10.4. The molecule has 0 fully saturated rings. The monoisotopic (exact) mass is 325 g/mol. The maximum Gasteiger partial charge on any atom is 0.240 e. The number of aliphatic hydroxyl groups excluding tert-OH is 1. The summed E-state index contributed by atoms with van der Waals surface area (Å²) in [5, 5.41) is 10.1. The van der Waals surface area contributed by atoms with Crippen molar-refractivity contribution in [2.45, 2.75) is 11.0 Å². The second kappa shape index (κ2) is 6.87. The zero-order valence-electron chi connectivity index (χ0n) is 11.9. The van der Waals surface area contributed by atoms with Crippen LogP contribution in [0, 0.1) is 5.82 Å². The summed E-state index contributed by atoms with van der Waals surface area (Å²) in [7, 11) is -2.30. The van der Waals surface area contributed by atoms with Gasteiger partial charge in [-0.3, -0.25) is 0 Å². The lowest BCUT2D eigenvalue weighted by Gasteiger charge is -2.13. The van der Waals surface area contributed by atoms with Crippen LogP contribution in [0.3, 0.4) is 0 Å². The Morgan fingerprint density at radius 3 is 2.55 bits per heavy atom. The van der Waals surface area contributed by atoms with Crippen molar-refractivity contribution in [2.75, 3.05) is 13.7 Å². The van der Waals surface area contributed by atoms with Gasteiger partial charge in [-0.15, -0.1) is 0 Å². The maximum atomic E-state index is 12.8. The van der Waals surface area contributed by atoms with Gasteiger partial charge in [-0.25, -0.2) is 17.5 Å². The van der Waals surface area contributed by atoms with Gasteiger partial charge in [0.1, 0.15) is 11.6 Å². The van der Waals surface area contributed by atoms with E-state index in [0.29, 0.717) is 11.3 Å². The van der Waals surface area contributed by atoms with Gasteiger partial charge in [-0.2, -0.15) is 0 Å². The number of methoxy groups -OCH3 is 1. The summed E-state index contributed by atoms with van der Waals surface area (Å²) in [5.74, 6) is 0.0494. The molecule has 0 heterocycles. The summed E-state index contributed by atoms with van der Waals surface area (Å²) in [6.07, 6.45) is -1.02. The lowest BCUT2D eigenvalue weighted by Crippen LogP contribution is -2.28. The van der Waals surface area contributed by atoms with E-state index in [0.717, 1.165) is 24.3 Å². The van der Waals surface area contributed by atoms with Crippen molar-refractivity contribution in [3.63, 3.8) is 0 Å². The molecule has 0 amide bonds. The molecule has 0 saturated carbocycles. The summed E-state index contributed by atoms with van der Waals surface area (Å²) < 4.78 is 44.2. The number of sulfonamides is 1. The van der Waals surface area contributed by atoms with Crippen molar-refractivity contribution in [2.24, 2.45) is 0 Å². The molecule has 1 atom stereocenters. The number of benzene rings is 2. The van der Waals surface area contributed by atoms with Crippen molar-refractivity contribution in [1.82, 2.24) is 4.72 Å². The van der Waals surface area contributed by atoms with Crippen LogP contribution in [0.15, 0.2) is 53.4 Å². The molecule has 118 valence electrons. The average molecular weight is 325 g/mol. The summed E-state index contributed by atoms with van der Waals surface area (Å²) in [6.45, 7) is -0.202. The Kier molecular flexibility index (Phi) is 5.12. The molecule has 7 heteroatoms. The highest BCUT2D eigenvalue weighted by Gasteiger charge is 2.17. The molecule has 0 bridgehead atoms. The average Bonchev–Trinajstić information content (AvgIpc) is 2.53. The van der Waals surface area contributed by atoms with Crippen LogP contribution < -0.4 is 9.46 Å². The number of rotatable bonds is 6. The summed E-state index contributed by atoms with van der Waals surface area (Å²) >= 11 is 0. The molecule has 2 aromatic carbocycles. The van der Waals surface area contributed by atoms with Crippen molar-refractivity contribution in [3.8, 4) is 5.75 Å². The van der Waals surface area contributed by atoms with Crippen molar-refractivity contribution in [1.29, 1.82) is 0 Å². The predicted molar refractivity (Wildman–Crippen MR) is 79.5 cm³/mol. The number of aliphatic hydroxyl groups is 1. The molecular weight excluding hydrogens is 309 g/mol. The summed E-state index contributed by atoms with van der Waals surface area (Å²) in [4.78, 5) is -0.0632. The van der Waals surface area contributed by atoms with Crippen LogP contribution in [-0.2, 0) is 10.0 Å². The first-order valence-corrected chi connectivity index (χ1v) is 7.98. The molecular formula is C15H16FNO4S. The number of nitrogens with one attached hydrogen (secondary N) is 1. The third-order valence-corrected chi connectivity index (χ3v) is 4.51. The van der Waals surface area contributed by atoms with E-state index in [1.54, 1.807) is 24.3 Å². The third-order valence-electron chi connectivity index (χ3n) is 3.07. The van der Waals surface area contributed by atoms with E-state index < -0.39 is 21.9 Å². The highest BCUT2D eigenvalue weighted by atomic mass is 32.2. The Morgan fingerprint density at radius 2 is 1.91 bits per heavy atom. The van der Waals surface area contributed by atoms with Crippen molar-refractivity contribution >= 4 is 10.0 Å². The van der Waals surface area contributed by atoms with Gasteiger partial charge in [-0.1, -0.05) is 12.1 Å². The Morgan fingerprint density at radius 1 is 1.23 bits per heavy atom. The van der Waals surface area contributed by atoms with Crippen LogP contribution in [0.4, 0.5) is 4.39 Å². The molecule has 2 rings (SSSR count). The molecule has 0 saturated heterocycles. The number of ether oxygens (including phenoxy) is 1. The molecule has 2 aromatic rings. The van der Waals surface area contributed by atoms with Gasteiger partial charge >= 0.3 is 0 Å². The van der Waals surface area contributed by atoms with Gasteiger partial charge < -0.3 is 9.84 Å². The van der Waals surface area contributed by atoms with E-state index in [2.05, 4.69) is 4.72 Å². The first kappa shape index (κ1) is 16.4. The highest BCUT2D eigenvalue weighted by Crippen LogP contribution is 2.19. The van der Waals surface area contributed by atoms with E-state index in [1.165, 1.54) is 7.11 Å². The molecule has 1 unspecified atom stereocenters. The molecule has 0 aliphatic carbocycles. The van der Waals surface area contributed by atoms with E-state index in [4.69, 9.17) is 4.74 Å². The van der Waals surface area contributed by atoms with Gasteiger partial charge in [-0.05, 0) is 42.0 Å². The predicted octanol–water partition coefficient (Wildman–Crippen LogP) is 1.85. The van der Waals surface area contributed by atoms with Gasteiger partial charge in [0, 0.05) is 6.54 Å². The lowest BCUT2D eigenvalue weighted by atomic mass is 10.1. The lowest BCUT2D eigenvalue weighted by molar-refractivity contribution is 0.181. The SMILES string of the molecule is COc1cccc(C(O)CNS(=O)(=O)c2ccc(F)cc2)c1. The van der Waals surface area contributed by atoms with E-state index in [-0.39, 0.29) is 11.4 Å². The number of hydrogen-bond donors (Lipinski definition) is 2. The van der Waals surface area contributed by atoms with Crippen LogP contribution in [0.1, 0.15) is 11.7 Å². The minimum Gasteiger partial charge on any atom is -0.497 e. The second-order valence-electron chi connectivity index (χ2n) is 4.60. The van der Waals surface area contributed by atoms with Crippen molar-refractivity contribution in [3.05, 3.63) is 59.9 Å². The highest BCUT2D eigenvalue weighted by molar-refractivity contribution is 7.89. The second-order valence-corrected chi connectivity index (χ2v) is 6.37. The van der Waals surface area contributed by atoms with Gasteiger partial charge in [0.15, 0.2) is 0 Å². The number of halogens is 1. The van der Waals surface area contributed by atoms with Crippen LogP contribution in [0.5, 0.6) is 5.75 Å². The zero-order valence-corrected chi connectivity index (χ0v) is 12.7. The first-order valence-electron chi connectivity index (χ1n) is 6.49. The Hall–Kier alpha value is -1.96. The van der Waals surface area contributed by atoms with Crippen LogP contribution in [0.2, 0.25) is 0 Å². The summed E-state index contributed by atoms with van der Waals surface area (Å²) in [6, 6.07) is 11.2. The smallest absolute Gasteiger partial charge is 0.240 e. The Bertz CT molecular complexity index is 731. The molecule has 0 radical (unpaired) electrons. The molecule has 5 nitrogen and oxygen atoms in total. The van der Waals surface area contributed by atoms with Crippen LogP contribution in [-0.4, -0.2) is 27.2 Å². The molecule has 0 spiro atoms. The fraction of sp³-hybridized carbons (Fsp3) is 0.200. The van der Waals surface area contributed by atoms with Crippen LogP contribution >= 0.6 is 0 Å². The minimum atomic E-state index is -3.80. The topological polar surface area (TPSA) is 75.6 Å². The standard InChI is InChI=1S/C15H16FNO4S/c1-21-13-4-2-3-11(9-13)15(18)10-17-22(19,20)14-7-5-12(16)6-8-14/h2-9,15,17-18H,10H2,1H3. The number of hydrogen-bond acceptors (Lipinski definition) is 4. The van der Waals surface area contributed by atoms with E-state index >= 15 is 0 Å². The normalized spacial score (nSPS) is 12.9. The summed E-state index contributed by atoms with van der Waals surface area (Å²) in [5.41, 5.74) is 0.529. The van der Waals surface area contributed by atoms with Gasteiger partial charge in [0.25, 0.3) is 0 Å². The Labute approximate surface area is 128 Å². The van der Waals surface area contributed by atoms with Gasteiger partial charge in [0.2, 0.25) is 10.0 Å². The molecule has 2 N–H and O–H groups in total. The van der Waals surface area contributed by atoms with E-state index in [1.807, 2.05) is 0 Å². The van der Waals surface area contributed by atoms with Crippen LogP contribution in [0.25, 0.3) is 0 Å². The molecule has 0 aliphatic heterocycles. The fourth-order valence-electron chi connectivity index (χ4n) is 1.85. The minimum absolute atomic E-state index is 0.0632. The quantitative estimate of drug-likeness (QED) is 0.850. The third kappa shape index (κ3) is 4.03. The molecule has 0 aromatic heterocycles.